The van der Waals surface area contributed by atoms with Gasteiger partial charge in [0.05, 0.1) is 11.1 Å². The van der Waals surface area contributed by atoms with E-state index in [4.69, 9.17) is 10.7 Å². The molecule has 0 bridgehead atoms. The Bertz CT molecular complexity index is 1030. The average molecular weight is 413 g/mol. The molecule has 0 radical (unpaired) electrons. The number of anilines is 2. The lowest BCUT2D eigenvalue weighted by atomic mass is 9.97. The molecule has 2 N–H and O–H groups in total. The van der Waals surface area contributed by atoms with Crippen molar-refractivity contribution in [3.8, 4) is 0 Å². The van der Waals surface area contributed by atoms with Gasteiger partial charge in [0.1, 0.15) is 10.6 Å². The lowest BCUT2D eigenvalue weighted by Crippen LogP contribution is -2.32. The molecule has 2 aromatic heterocycles. The zero-order valence-corrected chi connectivity index (χ0v) is 17.8. The molecule has 1 amide bonds. The third-order valence-electron chi connectivity index (χ3n) is 5.17. The fourth-order valence-electron chi connectivity index (χ4n) is 3.78. The monoisotopic (exact) mass is 412 g/mol. The molecule has 5 nitrogen and oxygen atoms in total. The topological polar surface area (TPSA) is 72.1 Å². The van der Waals surface area contributed by atoms with Gasteiger partial charge in [-0.2, -0.15) is 0 Å². The number of hydrogen-bond donors (Lipinski definition) is 1. The van der Waals surface area contributed by atoms with E-state index < -0.39 is 0 Å². The number of thioether (sulfide) groups is 1. The maximum atomic E-state index is 12.8. The smallest absolute Gasteiger partial charge is 0.237 e. The Morgan fingerprint density at radius 1 is 1.25 bits per heavy atom. The Hall–Kier alpha value is -2.12. The predicted octanol–water partition coefficient (Wildman–Crippen LogP) is 4.61. The van der Waals surface area contributed by atoms with Crippen molar-refractivity contribution in [2.24, 2.45) is 0 Å². The number of carbonyl (C=O) groups excluding carboxylic acids is 1. The van der Waals surface area contributed by atoms with Crippen molar-refractivity contribution in [2.75, 3.05) is 22.9 Å². The van der Waals surface area contributed by atoms with E-state index in [1.165, 1.54) is 35.0 Å². The van der Waals surface area contributed by atoms with Crippen molar-refractivity contribution < 1.29 is 4.79 Å². The summed E-state index contributed by atoms with van der Waals surface area (Å²) in [6, 6.07) is 7.95. The molecule has 1 aromatic carbocycles. The highest BCUT2D eigenvalue weighted by atomic mass is 32.2. The normalized spacial score (nSPS) is 13.5. The number of hydrogen-bond acceptors (Lipinski definition) is 6. The highest BCUT2D eigenvalue weighted by Crippen LogP contribution is 2.38. The first-order valence-electron chi connectivity index (χ1n) is 9.65. The van der Waals surface area contributed by atoms with E-state index in [0.29, 0.717) is 17.5 Å². The number of carbonyl (C=O) groups is 1. The van der Waals surface area contributed by atoms with Crippen LogP contribution in [-0.2, 0) is 17.6 Å². The summed E-state index contributed by atoms with van der Waals surface area (Å²) in [6.07, 6.45) is 4.61. The van der Waals surface area contributed by atoms with E-state index in [2.05, 4.69) is 4.98 Å². The zero-order chi connectivity index (χ0) is 19.7. The summed E-state index contributed by atoms with van der Waals surface area (Å²) in [5.74, 6) is 0.887. The number of nitrogens with zero attached hydrogens (tertiary/aromatic N) is 3. The fourth-order valence-corrected chi connectivity index (χ4v) is 5.84. The fraction of sp³-hybridized carbons (Fsp3) is 0.381. The number of nitrogen functional groups attached to an aromatic ring is 1. The number of thiophene rings is 1. The second-order valence-electron chi connectivity index (χ2n) is 7.00. The van der Waals surface area contributed by atoms with Crippen molar-refractivity contribution >= 4 is 50.7 Å². The van der Waals surface area contributed by atoms with Gasteiger partial charge in [-0.25, -0.2) is 9.97 Å². The number of benzene rings is 1. The second-order valence-corrected chi connectivity index (χ2v) is 9.02. The number of aryl methyl sites for hydroxylation is 3. The van der Waals surface area contributed by atoms with Crippen molar-refractivity contribution in [2.45, 2.75) is 44.7 Å². The van der Waals surface area contributed by atoms with Crippen molar-refractivity contribution in [1.82, 2.24) is 9.97 Å². The number of rotatable bonds is 5. The van der Waals surface area contributed by atoms with Gasteiger partial charge in [0.2, 0.25) is 5.91 Å². The van der Waals surface area contributed by atoms with Crippen LogP contribution in [0.3, 0.4) is 0 Å². The molecule has 2 heterocycles. The maximum absolute atomic E-state index is 12.8. The standard InChI is InChI=1S/C21H24N4OS2/c1-3-25(15-10-6-4-8-13(15)2)17(26)12-27-21-23-19(22)18-14-9-5-7-11-16(14)28-20(18)24-21/h4,6,8,10H,3,5,7,9,11-12H2,1-2H3,(H2,22,23,24). The van der Waals surface area contributed by atoms with Gasteiger partial charge in [-0.05, 0) is 56.7 Å². The molecule has 1 aliphatic rings. The average Bonchev–Trinajstić information content (AvgIpc) is 3.07. The number of nitrogens with two attached hydrogens (primary N) is 1. The van der Waals surface area contributed by atoms with Gasteiger partial charge in [0.15, 0.2) is 5.16 Å². The van der Waals surface area contributed by atoms with E-state index >= 15 is 0 Å². The first-order chi connectivity index (χ1) is 13.6. The molecule has 3 aromatic rings. The summed E-state index contributed by atoms with van der Waals surface area (Å²) in [5.41, 5.74) is 9.66. The van der Waals surface area contributed by atoms with Crippen LogP contribution in [0.4, 0.5) is 11.5 Å². The number of amides is 1. The van der Waals surface area contributed by atoms with Crippen molar-refractivity contribution in [1.29, 1.82) is 0 Å². The molecule has 0 saturated carbocycles. The molecular formula is C21H24N4OS2. The maximum Gasteiger partial charge on any atom is 0.237 e. The molecular weight excluding hydrogens is 388 g/mol. The summed E-state index contributed by atoms with van der Waals surface area (Å²) in [5, 5.41) is 1.61. The quantitative estimate of drug-likeness (QED) is 0.489. The Labute approximate surface area is 173 Å². The largest absolute Gasteiger partial charge is 0.383 e. The van der Waals surface area contributed by atoms with Crippen LogP contribution in [0.1, 0.15) is 35.8 Å². The molecule has 1 aliphatic carbocycles. The Morgan fingerprint density at radius 3 is 2.82 bits per heavy atom. The van der Waals surface area contributed by atoms with Gasteiger partial charge in [0.25, 0.3) is 0 Å². The summed E-state index contributed by atoms with van der Waals surface area (Å²) in [6.45, 7) is 4.64. The highest BCUT2D eigenvalue weighted by Gasteiger charge is 2.21. The van der Waals surface area contributed by atoms with E-state index in [0.717, 1.165) is 34.3 Å². The minimum atomic E-state index is 0.0505. The van der Waals surface area contributed by atoms with Gasteiger partial charge >= 0.3 is 0 Å². The molecule has 0 spiro atoms. The summed E-state index contributed by atoms with van der Waals surface area (Å²) in [4.78, 5) is 26.2. The first-order valence-corrected chi connectivity index (χ1v) is 11.4. The SMILES string of the molecule is CCN(C(=O)CSc1nc(N)c2c3c(sc2n1)CCCC3)c1ccccc1C. The van der Waals surface area contributed by atoms with E-state index in [9.17, 15) is 4.79 Å². The molecule has 7 heteroatoms. The second kappa shape index (κ2) is 8.09. The van der Waals surface area contributed by atoms with Gasteiger partial charge in [0, 0.05) is 17.1 Å². The van der Waals surface area contributed by atoms with Crippen LogP contribution in [0.5, 0.6) is 0 Å². The minimum Gasteiger partial charge on any atom is -0.383 e. The van der Waals surface area contributed by atoms with Crippen molar-refractivity contribution in [3.63, 3.8) is 0 Å². The van der Waals surface area contributed by atoms with Gasteiger partial charge < -0.3 is 10.6 Å². The van der Waals surface area contributed by atoms with E-state index in [1.807, 2.05) is 43.0 Å². The lowest BCUT2D eigenvalue weighted by molar-refractivity contribution is -0.116. The van der Waals surface area contributed by atoms with Crippen LogP contribution in [-0.4, -0.2) is 28.2 Å². The number of para-hydroxylation sites is 1. The Morgan fingerprint density at radius 2 is 2.04 bits per heavy atom. The highest BCUT2D eigenvalue weighted by molar-refractivity contribution is 7.99. The van der Waals surface area contributed by atoms with E-state index in [-0.39, 0.29) is 11.7 Å². The molecule has 28 heavy (non-hydrogen) atoms. The number of fused-ring (bicyclic) bond motifs is 3. The molecule has 0 aliphatic heterocycles. The molecule has 0 saturated heterocycles. The Kier molecular flexibility index (Phi) is 5.55. The number of aromatic nitrogens is 2. The van der Waals surface area contributed by atoms with Gasteiger partial charge in [-0.1, -0.05) is 30.0 Å². The van der Waals surface area contributed by atoms with Crippen LogP contribution in [0, 0.1) is 6.92 Å². The molecule has 146 valence electrons. The zero-order valence-electron chi connectivity index (χ0n) is 16.2. The molecule has 0 unspecified atom stereocenters. The van der Waals surface area contributed by atoms with Gasteiger partial charge in [-0.15, -0.1) is 11.3 Å². The summed E-state index contributed by atoms with van der Waals surface area (Å²) in [7, 11) is 0. The first kappa shape index (κ1) is 19.2. The summed E-state index contributed by atoms with van der Waals surface area (Å²) < 4.78 is 0. The lowest BCUT2D eigenvalue weighted by Gasteiger charge is -2.22. The molecule has 4 rings (SSSR count). The minimum absolute atomic E-state index is 0.0505. The van der Waals surface area contributed by atoms with Crippen LogP contribution >= 0.6 is 23.1 Å². The Balaban J connectivity index is 1.53. The van der Waals surface area contributed by atoms with Crippen LogP contribution in [0.25, 0.3) is 10.2 Å². The predicted molar refractivity (Wildman–Crippen MR) is 118 cm³/mol. The molecule has 0 fully saturated rings. The van der Waals surface area contributed by atoms with Crippen LogP contribution in [0.2, 0.25) is 0 Å². The van der Waals surface area contributed by atoms with E-state index in [1.54, 1.807) is 11.3 Å². The third kappa shape index (κ3) is 3.61. The van der Waals surface area contributed by atoms with Crippen molar-refractivity contribution in [3.05, 3.63) is 40.3 Å². The third-order valence-corrected chi connectivity index (χ3v) is 7.19. The summed E-state index contributed by atoms with van der Waals surface area (Å²) >= 11 is 3.09. The molecule has 0 atom stereocenters. The van der Waals surface area contributed by atoms with Crippen LogP contribution in [0.15, 0.2) is 29.4 Å². The van der Waals surface area contributed by atoms with Crippen LogP contribution < -0.4 is 10.6 Å². The van der Waals surface area contributed by atoms with Gasteiger partial charge in [-0.3, -0.25) is 4.79 Å².